The lowest BCUT2D eigenvalue weighted by atomic mass is 10.2. The van der Waals surface area contributed by atoms with Crippen molar-refractivity contribution in [2.75, 3.05) is 13.7 Å². The van der Waals surface area contributed by atoms with Gasteiger partial charge < -0.3 is 9.84 Å². The first-order chi connectivity index (χ1) is 6.27. The van der Waals surface area contributed by atoms with Crippen LogP contribution in [0.15, 0.2) is 18.2 Å². The maximum absolute atomic E-state index is 13.0. The van der Waals surface area contributed by atoms with E-state index in [1.165, 1.54) is 25.3 Å². The van der Waals surface area contributed by atoms with Crippen molar-refractivity contribution < 1.29 is 14.2 Å². The first-order valence-electron chi connectivity index (χ1n) is 3.76. The summed E-state index contributed by atoms with van der Waals surface area (Å²) in [5, 5.41) is 8.46. The maximum Gasteiger partial charge on any atom is 0.223 e. The lowest BCUT2D eigenvalue weighted by molar-refractivity contribution is 0.343. The Bertz CT molecular complexity index is 312. The van der Waals surface area contributed by atoms with Crippen LogP contribution in [0.5, 0.6) is 5.88 Å². The van der Waals surface area contributed by atoms with E-state index in [4.69, 9.17) is 9.84 Å². The molecule has 0 amide bonds. The molecule has 0 aliphatic rings. The number of pyridine rings is 1. The van der Waals surface area contributed by atoms with Crippen molar-refractivity contribution in [3.05, 3.63) is 29.7 Å². The van der Waals surface area contributed by atoms with Crippen LogP contribution in [-0.2, 0) is 0 Å². The highest BCUT2D eigenvalue weighted by Crippen LogP contribution is 2.12. The summed E-state index contributed by atoms with van der Waals surface area (Å²) in [6.45, 7) is -0.120. The minimum Gasteiger partial charge on any atom is -0.481 e. The highest BCUT2D eigenvalue weighted by Gasteiger charge is 2.01. The molecular weight excluding hydrogens is 173 g/mol. The molecule has 0 unspecified atom stereocenters. The second-order valence-corrected chi connectivity index (χ2v) is 2.32. The van der Waals surface area contributed by atoms with Gasteiger partial charge in [-0.3, -0.25) is 0 Å². The third-order valence-electron chi connectivity index (χ3n) is 1.46. The summed E-state index contributed by atoms with van der Waals surface area (Å²) in [6.07, 6.45) is 2.90. The SMILES string of the molecule is COc1ccc(/C=C\CO)c(F)n1. The highest BCUT2D eigenvalue weighted by atomic mass is 19.1. The fourth-order valence-corrected chi connectivity index (χ4v) is 0.846. The van der Waals surface area contributed by atoms with Gasteiger partial charge >= 0.3 is 0 Å². The normalized spacial score (nSPS) is 10.7. The van der Waals surface area contributed by atoms with E-state index in [1.807, 2.05) is 0 Å². The van der Waals surface area contributed by atoms with E-state index in [9.17, 15) is 4.39 Å². The van der Waals surface area contributed by atoms with Crippen LogP contribution in [-0.4, -0.2) is 23.8 Å². The predicted molar refractivity (Wildman–Crippen MR) is 46.9 cm³/mol. The molecule has 0 spiro atoms. The average molecular weight is 183 g/mol. The van der Waals surface area contributed by atoms with Crippen molar-refractivity contribution in [2.24, 2.45) is 0 Å². The van der Waals surface area contributed by atoms with Crippen molar-refractivity contribution in [1.82, 2.24) is 4.98 Å². The Morgan fingerprint density at radius 3 is 2.92 bits per heavy atom. The Labute approximate surface area is 75.5 Å². The fourth-order valence-electron chi connectivity index (χ4n) is 0.846. The first-order valence-corrected chi connectivity index (χ1v) is 3.76. The van der Waals surface area contributed by atoms with Gasteiger partial charge in [-0.1, -0.05) is 12.2 Å². The Morgan fingerprint density at radius 2 is 2.38 bits per heavy atom. The van der Waals surface area contributed by atoms with E-state index < -0.39 is 5.95 Å². The van der Waals surface area contributed by atoms with Gasteiger partial charge in [-0.2, -0.15) is 9.37 Å². The van der Waals surface area contributed by atoms with Crippen LogP contribution >= 0.6 is 0 Å². The number of nitrogens with zero attached hydrogens (tertiary/aromatic N) is 1. The minimum absolute atomic E-state index is 0.120. The quantitative estimate of drug-likeness (QED) is 0.717. The number of ether oxygens (including phenoxy) is 1. The van der Waals surface area contributed by atoms with E-state index in [-0.39, 0.29) is 12.5 Å². The van der Waals surface area contributed by atoms with E-state index in [0.717, 1.165) is 0 Å². The highest BCUT2D eigenvalue weighted by molar-refractivity contribution is 5.49. The molecule has 1 rings (SSSR count). The zero-order valence-corrected chi connectivity index (χ0v) is 7.20. The molecule has 1 aromatic heterocycles. The zero-order valence-electron chi connectivity index (χ0n) is 7.20. The van der Waals surface area contributed by atoms with Gasteiger partial charge in [-0.25, -0.2) is 0 Å². The van der Waals surface area contributed by atoms with Crippen molar-refractivity contribution in [1.29, 1.82) is 0 Å². The van der Waals surface area contributed by atoms with Gasteiger partial charge in [0.05, 0.1) is 13.7 Å². The molecular formula is C9H10FNO2. The summed E-state index contributed by atoms with van der Waals surface area (Å²) in [6, 6.07) is 3.09. The van der Waals surface area contributed by atoms with E-state index in [0.29, 0.717) is 5.56 Å². The molecule has 0 atom stereocenters. The Kier molecular flexibility index (Phi) is 3.40. The third-order valence-corrected chi connectivity index (χ3v) is 1.46. The largest absolute Gasteiger partial charge is 0.481 e. The monoisotopic (exact) mass is 183 g/mol. The number of aromatic nitrogens is 1. The Balaban J connectivity index is 2.91. The number of hydrogen-bond donors (Lipinski definition) is 1. The van der Waals surface area contributed by atoms with Crippen LogP contribution in [0.1, 0.15) is 5.56 Å². The van der Waals surface area contributed by atoms with Gasteiger partial charge in [0.25, 0.3) is 0 Å². The lowest BCUT2D eigenvalue weighted by Gasteiger charge is -1.99. The van der Waals surface area contributed by atoms with Gasteiger partial charge in [0.15, 0.2) is 0 Å². The molecule has 0 aliphatic carbocycles. The maximum atomic E-state index is 13.0. The van der Waals surface area contributed by atoms with Gasteiger partial charge in [0.1, 0.15) is 0 Å². The summed E-state index contributed by atoms with van der Waals surface area (Å²) in [7, 11) is 1.42. The third kappa shape index (κ3) is 2.52. The van der Waals surface area contributed by atoms with Crippen molar-refractivity contribution in [3.63, 3.8) is 0 Å². The number of rotatable bonds is 3. The van der Waals surface area contributed by atoms with Gasteiger partial charge in [0, 0.05) is 11.6 Å². The number of halogens is 1. The Morgan fingerprint density at radius 1 is 1.62 bits per heavy atom. The van der Waals surface area contributed by atoms with Crippen molar-refractivity contribution in [2.45, 2.75) is 0 Å². The molecule has 70 valence electrons. The van der Waals surface area contributed by atoms with Gasteiger partial charge in [0.2, 0.25) is 11.8 Å². The molecule has 0 bridgehead atoms. The molecule has 0 aliphatic heterocycles. The summed E-state index contributed by atoms with van der Waals surface area (Å²) in [4.78, 5) is 3.52. The van der Waals surface area contributed by atoms with Crippen LogP contribution < -0.4 is 4.74 Å². The second kappa shape index (κ2) is 4.57. The van der Waals surface area contributed by atoms with Gasteiger partial charge in [-0.05, 0) is 6.07 Å². The van der Waals surface area contributed by atoms with Crippen molar-refractivity contribution >= 4 is 6.08 Å². The number of methoxy groups -OCH3 is 1. The summed E-state index contributed by atoms with van der Waals surface area (Å²) in [5.41, 5.74) is 0.329. The second-order valence-electron chi connectivity index (χ2n) is 2.32. The smallest absolute Gasteiger partial charge is 0.223 e. The number of aliphatic hydroxyl groups is 1. The molecule has 4 heteroatoms. The molecule has 0 saturated carbocycles. The van der Waals surface area contributed by atoms with Crippen LogP contribution in [0, 0.1) is 5.95 Å². The molecule has 3 nitrogen and oxygen atoms in total. The molecule has 1 aromatic rings. The van der Waals surface area contributed by atoms with E-state index >= 15 is 0 Å². The van der Waals surface area contributed by atoms with Crippen molar-refractivity contribution in [3.8, 4) is 5.88 Å². The predicted octanol–water partition coefficient (Wildman–Crippen LogP) is 1.23. The molecule has 1 N–H and O–H groups in total. The van der Waals surface area contributed by atoms with E-state index in [2.05, 4.69) is 4.98 Å². The standard InChI is InChI=1S/C9H10FNO2/c1-13-8-5-4-7(3-2-6-12)9(10)11-8/h2-5,12H,6H2,1H3/b3-2-. The number of hydrogen-bond acceptors (Lipinski definition) is 3. The van der Waals surface area contributed by atoms with Crippen LogP contribution in [0.4, 0.5) is 4.39 Å². The topological polar surface area (TPSA) is 42.4 Å². The molecule has 0 saturated heterocycles. The van der Waals surface area contributed by atoms with Crippen LogP contribution in [0.25, 0.3) is 6.08 Å². The van der Waals surface area contributed by atoms with Crippen LogP contribution in [0.3, 0.4) is 0 Å². The fraction of sp³-hybridized carbons (Fsp3) is 0.222. The zero-order chi connectivity index (χ0) is 9.68. The van der Waals surface area contributed by atoms with Gasteiger partial charge in [-0.15, -0.1) is 0 Å². The molecule has 1 heterocycles. The van der Waals surface area contributed by atoms with E-state index in [1.54, 1.807) is 6.07 Å². The molecule has 0 fully saturated rings. The summed E-state index contributed by atoms with van der Waals surface area (Å²) < 4.78 is 17.8. The Hall–Kier alpha value is -1.42. The average Bonchev–Trinajstić information content (AvgIpc) is 2.16. The summed E-state index contributed by atoms with van der Waals surface area (Å²) in [5.74, 6) is -0.373. The van der Waals surface area contributed by atoms with Crippen LogP contribution in [0.2, 0.25) is 0 Å². The molecule has 0 radical (unpaired) electrons. The first kappa shape index (κ1) is 9.67. The minimum atomic E-state index is -0.607. The summed E-state index contributed by atoms with van der Waals surface area (Å²) >= 11 is 0. The molecule has 0 aromatic carbocycles. The lowest BCUT2D eigenvalue weighted by Crippen LogP contribution is -1.92. The molecule has 13 heavy (non-hydrogen) atoms. The number of aliphatic hydroxyl groups excluding tert-OH is 1.